The molecule has 0 aliphatic rings. The lowest BCUT2D eigenvalue weighted by Gasteiger charge is -2.28. The Kier molecular flexibility index (Phi) is 11.1. The molecule has 13 rings (SSSR count). The van der Waals surface area contributed by atoms with Crippen molar-refractivity contribution in [2.24, 2.45) is 0 Å². The SMILES string of the molecule is Cc1ccc(N(c2ccc(C)cc2)c2ccc3c4c(-c5ccccc5)c5c6ccc(N(c7ccc(OC(C)(C)C)cc7)c7ccc(OC(C)(C)C)cc7)c7cccc(c5c(-c5ccccc5)c4c4cccc2c43)c76)cc1. The van der Waals surface area contributed by atoms with Crippen LogP contribution < -0.4 is 19.3 Å². The van der Waals surface area contributed by atoms with Crippen LogP contribution >= 0.6 is 0 Å². The maximum Gasteiger partial charge on any atom is 0.120 e. The van der Waals surface area contributed by atoms with E-state index >= 15 is 0 Å². The Morgan fingerprint density at radius 3 is 0.908 bits per heavy atom. The summed E-state index contributed by atoms with van der Waals surface area (Å²) in [5.74, 6) is 1.67. The van der Waals surface area contributed by atoms with Crippen LogP contribution in [0, 0.1) is 13.8 Å². The molecule has 76 heavy (non-hydrogen) atoms. The lowest BCUT2D eigenvalue weighted by atomic mass is 9.87. The summed E-state index contributed by atoms with van der Waals surface area (Å²) in [6.07, 6.45) is 0. The first-order chi connectivity index (χ1) is 36.8. The quantitative estimate of drug-likeness (QED) is 0.136. The van der Waals surface area contributed by atoms with Crippen LogP contribution in [0.1, 0.15) is 52.7 Å². The molecule has 4 nitrogen and oxygen atoms in total. The molecule has 0 bridgehead atoms. The van der Waals surface area contributed by atoms with E-state index in [2.05, 4.69) is 284 Å². The lowest BCUT2D eigenvalue weighted by Crippen LogP contribution is -2.23. The second-order valence-corrected chi connectivity index (χ2v) is 22.5. The molecule has 370 valence electrons. The minimum Gasteiger partial charge on any atom is -0.488 e. The summed E-state index contributed by atoms with van der Waals surface area (Å²) in [6, 6.07) is 80.6. The molecule has 13 aromatic carbocycles. The largest absolute Gasteiger partial charge is 0.488 e. The van der Waals surface area contributed by atoms with Gasteiger partial charge in [0, 0.05) is 33.5 Å². The second-order valence-electron chi connectivity index (χ2n) is 22.5. The number of anilines is 6. The van der Waals surface area contributed by atoms with Gasteiger partial charge in [0.2, 0.25) is 0 Å². The average molecular weight is 985 g/mol. The predicted octanol–water partition coefficient (Wildman–Crippen LogP) is 20.7. The van der Waals surface area contributed by atoms with E-state index in [9.17, 15) is 0 Å². The summed E-state index contributed by atoms with van der Waals surface area (Å²) < 4.78 is 12.7. The third-order valence-electron chi connectivity index (χ3n) is 14.8. The van der Waals surface area contributed by atoms with Gasteiger partial charge in [0.25, 0.3) is 0 Å². The summed E-state index contributed by atoms with van der Waals surface area (Å²) in [5.41, 5.74) is 13.3. The normalized spacial score (nSPS) is 12.2. The van der Waals surface area contributed by atoms with Crippen LogP contribution in [0.3, 0.4) is 0 Å². The smallest absolute Gasteiger partial charge is 0.120 e. The van der Waals surface area contributed by atoms with Crippen molar-refractivity contribution in [3.8, 4) is 33.8 Å². The van der Waals surface area contributed by atoms with Crippen LogP contribution in [0.2, 0.25) is 0 Å². The highest BCUT2D eigenvalue weighted by Gasteiger charge is 2.30. The standard InChI is InChI=1S/C72H60N2O2/c1-45-25-29-49(30-26-45)73(50-31-27-46(2)28-32-50)61-43-41-59-65-55(61)21-15-23-57(65)67-63(47-17-11-9-12-18-47)68-58-24-16-22-56-62(44-42-60(66(56)58)70(68)64(69(59)67)48-19-13-10-14-20-48)74(51-33-37-53(38-34-51)75-71(3,4)5)52-35-39-54(40-36-52)76-72(6,7)8/h9-44H,1-8H3. The molecule has 0 amide bonds. The molecule has 0 atom stereocenters. The Balaban J connectivity index is 1.13. The van der Waals surface area contributed by atoms with Gasteiger partial charge in [-0.15, -0.1) is 0 Å². The lowest BCUT2D eigenvalue weighted by molar-refractivity contribution is 0.130. The monoisotopic (exact) mass is 984 g/mol. The number of aryl methyl sites for hydroxylation is 2. The van der Waals surface area contributed by atoms with Gasteiger partial charge in [0.05, 0.1) is 11.4 Å². The number of ether oxygens (including phenoxy) is 2. The third kappa shape index (κ3) is 7.99. The molecule has 0 aliphatic carbocycles. The van der Waals surface area contributed by atoms with Crippen molar-refractivity contribution < 1.29 is 9.47 Å². The van der Waals surface area contributed by atoms with Gasteiger partial charge in [-0.25, -0.2) is 0 Å². The molecular formula is C72H60N2O2. The van der Waals surface area contributed by atoms with Crippen molar-refractivity contribution in [3.63, 3.8) is 0 Å². The summed E-state index contributed by atoms with van der Waals surface area (Å²) in [6.45, 7) is 16.8. The van der Waals surface area contributed by atoms with Gasteiger partial charge in [-0.05, 0) is 216 Å². The molecule has 0 saturated heterocycles. The number of fused-ring (bicyclic) bond motifs is 6. The second kappa shape index (κ2) is 17.9. The van der Waals surface area contributed by atoms with Gasteiger partial charge in [-0.1, -0.05) is 145 Å². The zero-order valence-electron chi connectivity index (χ0n) is 44.5. The molecule has 0 spiro atoms. The van der Waals surface area contributed by atoms with Crippen molar-refractivity contribution in [3.05, 3.63) is 230 Å². The molecule has 0 radical (unpaired) electrons. The van der Waals surface area contributed by atoms with Gasteiger partial charge < -0.3 is 19.3 Å². The van der Waals surface area contributed by atoms with Gasteiger partial charge in [0.1, 0.15) is 22.7 Å². The highest BCUT2D eigenvalue weighted by molar-refractivity contribution is 6.47. The topological polar surface area (TPSA) is 24.9 Å². The van der Waals surface area contributed by atoms with E-state index in [-0.39, 0.29) is 11.2 Å². The van der Waals surface area contributed by atoms with Crippen LogP contribution in [-0.2, 0) is 0 Å². The minimum absolute atomic E-state index is 0.323. The summed E-state index contributed by atoms with van der Waals surface area (Å²) in [4.78, 5) is 4.82. The Morgan fingerprint density at radius 2 is 0.579 bits per heavy atom. The minimum atomic E-state index is -0.323. The summed E-state index contributed by atoms with van der Waals surface area (Å²) in [5, 5.41) is 15.0. The zero-order chi connectivity index (χ0) is 52.0. The van der Waals surface area contributed by atoms with Crippen molar-refractivity contribution in [1.82, 2.24) is 0 Å². The van der Waals surface area contributed by atoms with Gasteiger partial charge in [0.15, 0.2) is 0 Å². The fourth-order valence-electron chi connectivity index (χ4n) is 11.9. The molecule has 0 heterocycles. The van der Waals surface area contributed by atoms with E-state index < -0.39 is 0 Å². The molecule has 0 aromatic heterocycles. The first kappa shape index (κ1) is 46.9. The Bertz CT molecular complexity index is 4060. The zero-order valence-corrected chi connectivity index (χ0v) is 44.5. The van der Waals surface area contributed by atoms with E-state index in [0.717, 1.165) is 45.6 Å². The number of hydrogen-bond acceptors (Lipinski definition) is 4. The number of hydrogen-bond donors (Lipinski definition) is 0. The van der Waals surface area contributed by atoms with Crippen molar-refractivity contribution in [2.45, 2.75) is 66.6 Å². The first-order valence-electron chi connectivity index (χ1n) is 26.6. The highest BCUT2D eigenvalue weighted by atomic mass is 16.5. The van der Waals surface area contributed by atoms with Crippen molar-refractivity contribution >= 4 is 98.8 Å². The molecular weight excluding hydrogens is 925 g/mol. The molecule has 0 N–H and O–H groups in total. The van der Waals surface area contributed by atoms with E-state index in [0.29, 0.717) is 0 Å². The van der Waals surface area contributed by atoms with Gasteiger partial charge in [-0.2, -0.15) is 0 Å². The third-order valence-corrected chi connectivity index (χ3v) is 14.8. The average Bonchev–Trinajstić information content (AvgIpc) is 4.05. The first-order valence-corrected chi connectivity index (χ1v) is 26.6. The van der Waals surface area contributed by atoms with Crippen LogP contribution in [-0.4, -0.2) is 11.2 Å². The van der Waals surface area contributed by atoms with Crippen LogP contribution in [0.5, 0.6) is 11.5 Å². The van der Waals surface area contributed by atoms with Gasteiger partial charge in [-0.3, -0.25) is 0 Å². The number of rotatable bonds is 10. The maximum atomic E-state index is 6.35. The van der Waals surface area contributed by atoms with E-state index in [4.69, 9.17) is 9.47 Å². The fourth-order valence-corrected chi connectivity index (χ4v) is 11.9. The Hall–Kier alpha value is -8.86. The molecule has 4 heteroatoms. The predicted molar refractivity (Wildman–Crippen MR) is 324 cm³/mol. The van der Waals surface area contributed by atoms with Crippen LogP contribution in [0.4, 0.5) is 34.1 Å². The van der Waals surface area contributed by atoms with Crippen LogP contribution in [0.15, 0.2) is 218 Å². The van der Waals surface area contributed by atoms with Crippen LogP contribution in [0.25, 0.3) is 86.9 Å². The van der Waals surface area contributed by atoms with E-state index in [1.54, 1.807) is 0 Å². The van der Waals surface area contributed by atoms with Crippen molar-refractivity contribution in [2.75, 3.05) is 9.80 Å². The molecule has 0 aliphatic heterocycles. The molecule has 0 unspecified atom stereocenters. The molecule has 0 fully saturated rings. The Labute approximate surface area is 445 Å². The number of benzene rings is 11. The maximum absolute atomic E-state index is 6.35. The van der Waals surface area contributed by atoms with Gasteiger partial charge >= 0.3 is 0 Å². The fraction of sp³-hybridized carbons (Fsp3) is 0.139. The van der Waals surface area contributed by atoms with Crippen molar-refractivity contribution in [1.29, 1.82) is 0 Å². The molecule has 0 saturated carbocycles. The summed E-state index contributed by atoms with van der Waals surface area (Å²) in [7, 11) is 0. The molecule has 13 aromatic rings. The van der Waals surface area contributed by atoms with E-state index in [1.807, 2.05) is 0 Å². The highest BCUT2D eigenvalue weighted by Crippen LogP contribution is 2.58. The summed E-state index contributed by atoms with van der Waals surface area (Å²) >= 11 is 0. The Morgan fingerprint density at radius 1 is 0.276 bits per heavy atom. The number of nitrogens with zero attached hydrogens (tertiary/aromatic N) is 2. The van der Waals surface area contributed by atoms with E-state index in [1.165, 1.54) is 98.0 Å².